The number of hydrogen-bond acceptors (Lipinski definition) is 2. The fourth-order valence-electron chi connectivity index (χ4n) is 1.74. The molecule has 0 aromatic heterocycles. The van der Waals surface area contributed by atoms with Gasteiger partial charge in [0.25, 0.3) is 5.91 Å². The SMILES string of the molecule is CCC(C)NC(=NC)NCc1ccc(C(=O)N(C)C)cc1. The Hall–Kier alpha value is -2.04. The Morgan fingerprint density at radius 1 is 1.29 bits per heavy atom. The number of nitrogens with zero attached hydrogens (tertiary/aromatic N) is 2. The maximum atomic E-state index is 11.8. The number of hydrogen-bond donors (Lipinski definition) is 2. The number of rotatable bonds is 5. The third-order valence-corrected chi connectivity index (χ3v) is 3.29. The molecule has 0 bridgehead atoms. The highest BCUT2D eigenvalue weighted by Crippen LogP contribution is 2.06. The zero-order valence-corrected chi connectivity index (χ0v) is 13.6. The molecule has 1 amide bonds. The minimum Gasteiger partial charge on any atom is -0.354 e. The van der Waals surface area contributed by atoms with Gasteiger partial charge in [0.15, 0.2) is 5.96 Å². The van der Waals surface area contributed by atoms with E-state index in [1.54, 1.807) is 26.0 Å². The number of carbonyl (C=O) groups excluding carboxylic acids is 1. The number of amides is 1. The lowest BCUT2D eigenvalue weighted by atomic mass is 10.1. The van der Waals surface area contributed by atoms with Gasteiger partial charge in [-0.1, -0.05) is 19.1 Å². The van der Waals surface area contributed by atoms with Gasteiger partial charge >= 0.3 is 0 Å². The van der Waals surface area contributed by atoms with E-state index in [1.165, 1.54) is 0 Å². The van der Waals surface area contributed by atoms with E-state index in [0.29, 0.717) is 18.2 Å². The summed E-state index contributed by atoms with van der Waals surface area (Å²) >= 11 is 0. The third-order valence-electron chi connectivity index (χ3n) is 3.29. The summed E-state index contributed by atoms with van der Waals surface area (Å²) in [5, 5.41) is 6.58. The molecule has 1 atom stereocenters. The van der Waals surface area contributed by atoms with Crippen LogP contribution in [0.1, 0.15) is 36.2 Å². The Bertz CT molecular complexity index is 480. The first-order valence-corrected chi connectivity index (χ1v) is 7.25. The van der Waals surface area contributed by atoms with Gasteiger partial charge in [0, 0.05) is 39.3 Å². The van der Waals surface area contributed by atoms with Crippen molar-refractivity contribution in [2.24, 2.45) is 4.99 Å². The predicted octanol–water partition coefficient (Wildman–Crippen LogP) is 1.85. The fourth-order valence-corrected chi connectivity index (χ4v) is 1.74. The van der Waals surface area contributed by atoms with Crippen LogP contribution < -0.4 is 10.6 Å². The zero-order valence-electron chi connectivity index (χ0n) is 13.6. The highest BCUT2D eigenvalue weighted by molar-refractivity contribution is 5.93. The number of nitrogens with one attached hydrogen (secondary N) is 2. The lowest BCUT2D eigenvalue weighted by molar-refractivity contribution is 0.0827. The Balaban J connectivity index is 2.58. The van der Waals surface area contributed by atoms with Gasteiger partial charge in [-0.25, -0.2) is 0 Å². The van der Waals surface area contributed by atoms with E-state index in [0.717, 1.165) is 17.9 Å². The van der Waals surface area contributed by atoms with Gasteiger partial charge in [-0.3, -0.25) is 9.79 Å². The average Bonchev–Trinajstić information content (AvgIpc) is 2.50. The first-order valence-electron chi connectivity index (χ1n) is 7.25. The van der Waals surface area contributed by atoms with E-state index in [-0.39, 0.29) is 5.91 Å². The van der Waals surface area contributed by atoms with Gasteiger partial charge < -0.3 is 15.5 Å². The maximum absolute atomic E-state index is 11.8. The van der Waals surface area contributed by atoms with Crippen LogP contribution in [0.15, 0.2) is 29.3 Å². The lowest BCUT2D eigenvalue weighted by Crippen LogP contribution is -2.41. The lowest BCUT2D eigenvalue weighted by Gasteiger charge is -2.16. The number of carbonyl (C=O) groups is 1. The first-order chi connectivity index (χ1) is 9.97. The Labute approximate surface area is 127 Å². The Morgan fingerprint density at radius 3 is 2.38 bits per heavy atom. The van der Waals surface area contributed by atoms with Crippen molar-refractivity contribution >= 4 is 11.9 Å². The van der Waals surface area contributed by atoms with Gasteiger partial charge in [0.1, 0.15) is 0 Å². The van der Waals surface area contributed by atoms with Gasteiger partial charge in [-0.05, 0) is 31.0 Å². The topological polar surface area (TPSA) is 56.7 Å². The molecular weight excluding hydrogens is 264 g/mol. The molecule has 0 heterocycles. The minimum absolute atomic E-state index is 0.0174. The van der Waals surface area contributed by atoms with Gasteiger partial charge in [0.05, 0.1) is 0 Å². The quantitative estimate of drug-likeness (QED) is 0.643. The van der Waals surface area contributed by atoms with Crippen LogP contribution in [-0.4, -0.2) is 44.0 Å². The number of benzene rings is 1. The summed E-state index contributed by atoms with van der Waals surface area (Å²) in [5.41, 5.74) is 1.81. The normalized spacial score (nSPS) is 12.7. The van der Waals surface area contributed by atoms with E-state index < -0.39 is 0 Å². The van der Waals surface area contributed by atoms with E-state index >= 15 is 0 Å². The molecule has 21 heavy (non-hydrogen) atoms. The van der Waals surface area contributed by atoms with Crippen LogP contribution in [0.5, 0.6) is 0 Å². The van der Waals surface area contributed by atoms with Crippen LogP contribution in [0.2, 0.25) is 0 Å². The second kappa shape index (κ2) is 8.29. The van der Waals surface area contributed by atoms with Crippen molar-refractivity contribution < 1.29 is 4.79 Å². The molecule has 0 spiro atoms. The van der Waals surface area contributed by atoms with Crippen molar-refractivity contribution in [2.75, 3.05) is 21.1 Å². The van der Waals surface area contributed by atoms with Gasteiger partial charge in [-0.2, -0.15) is 0 Å². The summed E-state index contributed by atoms with van der Waals surface area (Å²) in [6.07, 6.45) is 1.04. The van der Waals surface area contributed by atoms with Crippen molar-refractivity contribution in [3.8, 4) is 0 Å². The number of guanidine groups is 1. The van der Waals surface area contributed by atoms with Crippen molar-refractivity contribution in [2.45, 2.75) is 32.9 Å². The molecule has 5 nitrogen and oxygen atoms in total. The molecule has 0 fully saturated rings. The van der Waals surface area contributed by atoms with E-state index in [4.69, 9.17) is 0 Å². The molecule has 2 N–H and O–H groups in total. The molecule has 0 radical (unpaired) electrons. The van der Waals surface area contributed by atoms with Crippen LogP contribution in [-0.2, 0) is 6.54 Å². The van der Waals surface area contributed by atoms with Crippen molar-refractivity contribution in [1.82, 2.24) is 15.5 Å². The van der Waals surface area contributed by atoms with Crippen molar-refractivity contribution in [3.63, 3.8) is 0 Å². The van der Waals surface area contributed by atoms with Crippen LogP contribution >= 0.6 is 0 Å². The molecule has 0 saturated carbocycles. The van der Waals surface area contributed by atoms with E-state index in [1.807, 2.05) is 24.3 Å². The molecule has 1 aromatic carbocycles. The second-order valence-corrected chi connectivity index (χ2v) is 5.28. The van der Waals surface area contributed by atoms with Crippen LogP contribution in [0.4, 0.5) is 0 Å². The monoisotopic (exact) mass is 290 g/mol. The summed E-state index contributed by atoms with van der Waals surface area (Å²) < 4.78 is 0. The molecule has 0 aliphatic heterocycles. The summed E-state index contributed by atoms with van der Waals surface area (Å²) in [6.45, 7) is 4.92. The summed E-state index contributed by atoms with van der Waals surface area (Å²) in [4.78, 5) is 17.6. The molecule has 5 heteroatoms. The summed E-state index contributed by atoms with van der Waals surface area (Å²) in [7, 11) is 5.27. The van der Waals surface area contributed by atoms with Crippen molar-refractivity contribution in [3.05, 3.63) is 35.4 Å². The molecule has 1 unspecified atom stereocenters. The van der Waals surface area contributed by atoms with Gasteiger partial charge in [0.2, 0.25) is 0 Å². The minimum atomic E-state index is 0.0174. The van der Waals surface area contributed by atoms with Crippen LogP contribution in [0, 0.1) is 0 Å². The molecular formula is C16H26N4O. The standard InChI is InChI=1S/C16H26N4O/c1-6-12(2)19-16(17-3)18-11-13-7-9-14(10-8-13)15(21)20(4)5/h7-10,12H,6,11H2,1-5H3,(H2,17,18,19). The molecule has 1 aromatic rings. The largest absolute Gasteiger partial charge is 0.354 e. The molecule has 116 valence electrons. The van der Waals surface area contributed by atoms with E-state index in [2.05, 4.69) is 29.5 Å². The smallest absolute Gasteiger partial charge is 0.253 e. The van der Waals surface area contributed by atoms with E-state index in [9.17, 15) is 4.79 Å². The third kappa shape index (κ3) is 5.45. The highest BCUT2D eigenvalue weighted by Gasteiger charge is 2.07. The Morgan fingerprint density at radius 2 is 1.90 bits per heavy atom. The maximum Gasteiger partial charge on any atom is 0.253 e. The molecule has 1 rings (SSSR count). The highest BCUT2D eigenvalue weighted by atomic mass is 16.2. The fraction of sp³-hybridized carbons (Fsp3) is 0.500. The van der Waals surface area contributed by atoms with Gasteiger partial charge in [-0.15, -0.1) is 0 Å². The molecule has 0 saturated heterocycles. The van der Waals surface area contributed by atoms with Crippen LogP contribution in [0.3, 0.4) is 0 Å². The van der Waals surface area contributed by atoms with Crippen molar-refractivity contribution in [1.29, 1.82) is 0 Å². The Kier molecular flexibility index (Phi) is 6.72. The first kappa shape index (κ1) is 17.0. The zero-order chi connectivity index (χ0) is 15.8. The average molecular weight is 290 g/mol. The second-order valence-electron chi connectivity index (χ2n) is 5.28. The predicted molar refractivity (Wildman–Crippen MR) is 87.5 cm³/mol. The molecule has 0 aliphatic rings. The molecule has 0 aliphatic carbocycles. The summed E-state index contributed by atoms with van der Waals surface area (Å²) in [6, 6.07) is 8.01. The summed E-state index contributed by atoms with van der Waals surface area (Å²) in [5.74, 6) is 0.807. The number of aliphatic imine (C=N–C) groups is 1. The van der Waals surface area contributed by atoms with Crippen LogP contribution in [0.25, 0.3) is 0 Å².